The van der Waals surface area contributed by atoms with Crippen molar-refractivity contribution < 1.29 is 9.72 Å². The Morgan fingerprint density at radius 1 is 1.03 bits per heavy atom. The van der Waals surface area contributed by atoms with Crippen molar-refractivity contribution in [2.24, 2.45) is 0 Å². The molecule has 1 aromatic heterocycles. The van der Waals surface area contributed by atoms with Crippen molar-refractivity contribution in [1.29, 1.82) is 0 Å². The molecule has 0 radical (unpaired) electrons. The van der Waals surface area contributed by atoms with Crippen LogP contribution in [0.3, 0.4) is 0 Å². The van der Waals surface area contributed by atoms with E-state index in [2.05, 4.69) is 22.5 Å². The summed E-state index contributed by atoms with van der Waals surface area (Å²) in [5.41, 5.74) is 5.34. The highest BCUT2D eigenvalue weighted by Gasteiger charge is 2.30. The molecule has 37 heavy (non-hydrogen) atoms. The first kappa shape index (κ1) is 24.0. The highest BCUT2D eigenvalue weighted by atomic mass is 16.6. The average molecular weight is 494 g/mol. The largest absolute Gasteiger partial charge is 0.354 e. The van der Waals surface area contributed by atoms with E-state index in [0.29, 0.717) is 22.5 Å². The number of carbonyl (C=O) groups excluding carboxylic acids is 1. The second kappa shape index (κ2) is 10.5. The van der Waals surface area contributed by atoms with E-state index >= 15 is 0 Å². The van der Waals surface area contributed by atoms with Gasteiger partial charge in [-0.1, -0.05) is 62.2 Å². The summed E-state index contributed by atoms with van der Waals surface area (Å²) in [6, 6.07) is 21.7. The summed E-state index contributed by atoms with van der Waals surface area (Å²) in [5, 5.41) is 17.6. The number of aromatic amines is 1. The number of hydrogen-bond donors (Lipinski definition) is 3. The molecule has 1 aliphatic rings. The summed E-state index contributed by atoms with van der Waals surface area (Å²) >= 11 is 0. The van der Waals surface area contributed by atoms with Gasteiger partial charge < -0.3 is 15.6 Å². The Balaban J connectivity index is 1.48. The molecule has 0 spiro atoms. The Morgan fingerprint density at radius 3 is 2.54 bits per heavy atom. The van der Waals surface area contributed by atoms with Crippen molar-refractivity contribution in [3.63, 3.8) is 0 Å². The Hall–Kier alpha value is -4.72. The fourth-order valence-corrected chi connectivity index (χ4v) is 4.45. The van der Waals surface area contributed by atoms with Crippen LogP contribution in [0.25, 0.3) is 22.5 Å². The first-order chi connectivity index (χ1) is 18.0. The maximum Gasteiger partial charge on any atom is 0.270 e. The number of rotatable bonds is 9. The van der Waals surface area contributed by atoms with Crippen LogP contribution in [0, 0.1) is 10.1 Å². The zero-order valence-electron chi connectivity index (χ0n) is 20.5. The van der Waals surface area contributed by atoms with Gasteiger partial charge in [0.2, 0.25) is 0 Å². The lowest BCUT2D eigenvalue weighted by atomic mass is 9.99. The molecule has 5 rings (SSSR count). The van der Waals surface area contributed by atoms with Crippen LogP contribution in [0.1, 0.15) is 43.1 Å². The van der Waals surface area contributed by atoms with E-state index in [0.717, 1.165) is 41.2 Å². The minimum absolute atomic E-state index is 0.0717. The van der Waals surface area contributed by atoms with Gasteiger partial charge in [0, 0.05) is 47.3 Å². The summed E-state index contributed by atoms with van der Waals surface area (Å²) in [6.07, 6.45) is 6.33. The first-order valence-corrected chi connectivity index (χ1v) is 12.3. The summed E-state index contributed by atoms with van der Waals surface area (Å²) in [7, 11) is 0. The number of unbranched alkanes of at least 4 members (excludes halogenated alkanes) is 2. The van der Waals surface area contributed by atoms with Gasteiger partial charge in [-0.15, -0.1) is 0 Å². The topological polar surface area (TPSA) is 113 Å². The van der Waals surface area contributed by atoms with Crippen molar-refractivity contribution >= 4 is 34.2 Å². The number of fused-ring (bicyclic) bond motifs is 1. The third-order valence-corrected chi connectivity index (χ3v) is 6.37. The van der Waals surface area contributed by atoms with E-state index in [9.17, 15) is 14.9 Å². The molecule has 3 aromatic carbocycles. The number of aromatic nitrogens is 2. The van der Waals surface area contributed by atoms with Gasteiger partial charge in [0.15, 0.2) is 0 Å². The molecule has 8 heteroatoms. The third kappa shape index (κ3) is 5.13. The van der Waals surface area contributed by atoms with Crippen LogP contribution in [-0.2, 0) is 11.2 Å². The molecule has 0 atom stereocenters. The van der Waals surface area contributed by atoms with Crippen LogP contribution >= 0.6 is 0 Å². The minimum atomic E-state index is -0.459. The van der Waals surface area contributed by atoms with Crippen molar-refractivity contribution in [1.82, 2.24) is 9.97 Å². The first-order valence-electron chi connectivity index (χ1n) is 12.3. The number of aryl methyl sites for hydroxylation is 1. The SMILES string of the molecule is CCCCCc1nc(-c2ccc(NC(=C3C(=O)Nc4ccc([N+](=O)[O-])cc43)c3ccccc3)cc2)c[nH]1. The van der Waals surface area contributed by atoms with E-state index in [-0.39, 0.29) is 11.6 Å². The lowest BCUT2D eigenvalue weighted by molar-refractivity contribution is -0.384. The lowest BCUT2D eigenvalue weighted by Gasteiger charge is -2.15. The number of nitro groups is 1. The number of non-ortho nitro benzene ring substituents is 1. The molecule has 8 nitrogen and oxygen atoms in total. The van der Waals surface area contributed by atoms with Crippen LogP contribution in [0.2, 0.25) is 0 Å². The Morgan fingerprint density at radius 2 is 1.81 bits per heavy atom. The van der Waals surface area contributed by atoms with Gasteiger partial charge in [-0.2, -0.15) is 0 Å². The normalized spacial score (nSPS) is 13.7. The van der Waals surface area contributed by atoms with Gasteiger partial charge in [-0.25, -0.2) is 4.98 Å². The quantitative estimate of drug-likeness (QED) is 0.105. The van der Waals surface area contributed by atoms with Crippen LogP contribution in [0.5, 0.6) is 0 Å². The number of amides is 1. The highest BCUT2D eigenvalue weighted by Crippen LogP contribution is 2.39. The van der Waals surface area contributed by atoms with E-state index < -0.39 is 4.92 Å². The van der Waals surface area contributed by atoms with Crippen LogP contribution in [0.15, 0.2) is 79.0 Å². The number of anilines is 2. The standard InChI is InChI=1S/C29H27N5O3/c1-2-3-5-10-26-30-18-25(32-26)19-11-13-21(14-12-19)31-28(20-8-6-4-7-9-20)27-23-17-22(34(36)37)15-16-24(23)33-29(27)35/h4,6-9,11-18,31H,2-3,5,10H2,1H3,(H,30,32)(H,33,35). The molecule has 3 N–H and O–H groups in total. The van der Waals surface area contributed by atoms with Gasteiger partial charge >= 0.3 is 0 Å². The number of nitrogens with zero attached hydrogens (tertiary/aromatic N) is 2. The number of nitro benzene ring substituents is 1. The van der Waals surface area contributed by atoms with Gasteiger partial charge in [0.25, 0.3) is 11.6 Å². The fourth-order valence-electron chi connectivity index (χ4n) is 4.45. The molecular formula is C29H27N5O3. The molecule has 1 aliphatic heterocycles. The smallest absolute Gasteiger partial charge is 0.270 e. The zero-order chi connectivity index (χ0) is 25.8. The highest BCUT2D eigenvalue weighted by molar-refractivity contribution is 6.37. The van der Waals surface area contributed by atoms with E-state index in [1.807, 2.05) is 60.8 Å². The predicted molar refractivity (Wildman–Crippen MR) is 146 cm³/mol. The fraction of sp³-hybridized carbons (Fsp3) is 0.172. The molecule has 2 heterocycles. The van der Waals surface area contributed by atoms with Crippen LogP contribution in [0.4, 0.5) is 17.1 Å². The Bertz CT molecular complexity index is 1470. The molecular weight excluding hydrogens is 466 g/mol. The van der Waals surface area contributed by atoms with Crippen molar-refractivity contribution in [3.05, 3.63) is 106 Å². The van der Waals surface area contributed by atoms with Crippen molar-refractivity contribution in [2.75, 3.05) is 10.6 Å². The Kier molecular flexibility index (Phi) is 6.81. The van der Waals surface area contributed by atoms with E-state index in [1.165, 1.54) is 25.0 Å². The minimum Gasteiger partial charge on any atom is -0.354 e. The number of hydrogen-bond acceptors (Lipinski definition) is 5. The Labute approximate surface area is 214 Å². The molecule has 0 aliphatic carbocycles. The van der Waals surface area contributed by atoms with Gasteiger partial charge in [0.05, 0.1) is 21.9 Å². The number of imidazole rings is 1. The van der Waals surface area contributed by atoms with Gasteiger partial charge in [0.1, 0.15) is 5.82 Å². The second-order valence-corrected chi connectivity index (χ2v) is 8.95. The maximum absolute atomic E-state index is 13.1. The number of H-pyrrole nitrogens is 1. The molecule has 0 saturated heterocycles. The molecule has 0 saturated carbocycles. The van der Waals surface area contributed by atoms with Crippen molar-refractivity contribution in [3.8, 4) is 11.3 Å². The number of benzene rings is 3. The zero-order valence-corrected chi connectivity index (χ0v) is 20.5. The summed E-state index contributed by atoms with van der Waals surface area (Å²) in [4.78, 5) is 32.0. The molecule has 4 aromatic rings. The molecule has 0 bridgehead atoms. The van der Waals surface area contributed by atoms with Gasteiger partial charge in [-0.05, 0) is 30.2 Å². The molecule has 186 valence electrons. The molecule has 0 fully saturated rings. The van der Waals surface area contributed by atoms with E-state index in [4.69, 9.17) is 4.98 Å². The van der Waals surface area contributed by atoms with Crippen LogP contribution < -0.4 is 10.6 Å². The summed E-state index contributed by atoms with van der Waals surface area (Å²) in [6.45, 7) is 2.18. The predicted octanol–water partition coefficient (Wildman–Crippen LogP) is 6.65. The monoisotopic (exact) mass is 493 g/mol. The number of carbonyl (C=O) groups is 1. The molecule has 1 amide bonds. The molecule has 0 unspecified atom stereocenters. The van der Waals surface area contributed by atoms with Crippen LogP contribution in [-0.4, -0.2) is 20.8 Å². The van der Waals surface area contributed by atoms with Crippen molar-refractivity contribution in [2.45, 2.75) is 32.6 Å². The third-order valence-electron chi connectivity index (χ3n) is 6.37. The second-order valence-electron chi connectivity index (χ2n) is 8.95. The van der Waals surface area contributed by atoms with E-state index in [1.54, 1.807) is 6.07 Å². The summed E-state index contributed by atoms with van der Waals surface area (Å²) < 4.78 is 0. The van der Waals surface area contributed by atoms with Gasteiger partial charge in [-0.3, -0.25) is 14.9 Å². The lowest BCUT2D eigenvalue weighted by Crippen LogP contribution is -2.10. The summed E-state index contributed by atoms with van der Waals surface area (Å²) in [5.74, 6) is 0.673. The maximum atomic E-state index is 13.1. The number of nitrogens with one attached hydrogen (secondary N) is 3. The average Bonchev–Trinajstić information content (AvgIpc) is 3.52.